The Kier molecular flexibility index (Phi) is 7.76. The molecule has 2 fully saturated rings. The van der Waals surface area contributed by atoms with Gasteiger partial charge in [-0.1, -0.05) is 48.9 Å². The van der Waals surface area contributed by atoms with E-state index in [2.05, 4.69) is 68.7 Å². The lowest BCUT2D eigenvalue weighted by Gasteiger charge is -2.39. The number of rotatable bonds is 7. The molecule has 6 heteroatoms. The Balaban J connectivity index is 1.28. The molecule has 2 aliphatic heterocycles. The van der Waals surface area contributed by atoms with Gasteiger partial charge < -0.3 is 9.47 Å². The van der Waals surface area contributed by atoms with Gasteiger partial charge in [0.25, 0.3) is 0 Å². The highest BCUT2D eigenvalue weighted by molar-refractivity contribution is 6.30. The molecular weight excluding hydrogens is 456 g/mol. The summed E-state index contributed by atoms with van der Waals surface area (Å²) in [5.74, 6) is 0.489. The third-order valence-electron chi connectivity index (χ3n) is 7.61. The molecule has 1 atom stereocenters. The highest BCUT2D eigenvalue weighted by Gasteiger charge is 2.31. The standard InChI is InChI=1S/C29H37ClN4O/c1-2-13-31-15-17-33(18-16-31)29(35)25-7-5-14-32(21-25)22-27-19-24-6-3-4-8-28(24)34(27)20-23-9-11-26(30)12-10-23/h3-4,6,8-12,19,25H,2,5,7,13-18,20-22H2,1H3. The average Bonchev–Trinajstić information content (AvgIpc) is 3.22. The van der Waals surface area contributed by atoms with Gasteiger partial charge in [0.1, 0.15) is 0 Å². The first-order valence-electron chi connectivity index (χ1n) is 13.2. The second kappa shape index (κ2) is 11.2. The number of fused-ring (bicyclic) bond motifs is 1. The summed E-state index contributed by atoms with van der Waals surface area (Å²) in [6.07, 6.45) is 3.28. The van der Waals surface area contributed by atoms with Gasteiger partial charge in [-0.3, -0.25) is 14.6 Å². The van der Waals surface area contributed by atoms with E-state index in [-0.39, 0.29) is 5.92 Å². The van der Waals surface area contributed by atoms with E-state index < -0.39 is 0 Å². The van der Waals surface area contributed by atoms with Crippen molar-refractivity contribution in [1.29, 1.82) is 0 Å². The van der Waals surface area contributed by atoms with Crippen LogP contribution < -0.4 is 0 Å². The van der Waals surface area contributed by atoms with E-state index in [0.29, 0.717) is 5.91 Å². The van der Waals surface area contributed by atoms with Crippen molar-refractivity contribution >= 4 is 28.4 Å². The third kappa shape index (κ3) is 5.74. The fourth-order valence-corrected chi connectivity index (χ4v) is 5.88. The first-order chi connectivity index (χ1) is 17.1. The largest absolute Gasteiger partial charge is 0.340 e. The predicted octanol–water partition coefficient (Wildman–Crippen LogP) is 5.11. The number of likely N-dealkylation sites (tertiary alicyclic amines) is 1. The van der Waals surface area contributed by atoms with Gasteiger partial charge in [0.2, 0.25) is 5.91 Å². The third-order valence-corrected chi connectivity index (χ3v) is 7.87. The van der Waals surface area contributed by atoms with Crippen LogP contribution in [-0.2, 0) is 17.9 Å². The molecule has 2 saturated heterocycles. The van der Waals surface area contributed by atoms with Crippen LogP contribution >= 0.6 is 11.6 Å². The van der Waals surface area contributed by atoms with Crippen molar-refractivity contribution < 1.29 is 4.79 Å². The topological polar surface area (TPSA) is 31.7 Å². The van der Waals surface area contributed by atoms with E-state index in [1.165, 1.54) is 28.6 Å². The van der Waals surface area contributed by atoms with Crippen LogP contribution in [0.15, 0.2) is 54.6 Å². The Labute approximate surface area is 214 Å². The molecule has 0 spiro atoms. The summed E-state index contributed by atoms with van der Waals surface area (Å²) in [5.41, 5.74) is 3.81. The van der Waals surface area contributed by atoms with Crippen LogP contribution in [0.2, 0.25) is 5.02 Å². The number of amides is 1. The van der Waals surface area contributed by atoms with Crippen molar-refractivity contribution in [3.63, 3.8) is 0 Å². The number of piperidine rings is 1. The van der Waals surface area contributed by atoms with Crippen molar-refractivity contribution in [2.75, 3.05) is 45.8 Å². The molecular formula is C29H37ClN4O. The van der Waals surface area contributed by atoms with E-state index >= 15 is 0 Å². The number of hydrogen-bond acceptors (Lipinski definition) is 3. The highest BCUT2D eigenvalue weighted by Crippen LogP contribution is 2.26. The molecule has 1 amide bonds. The number of aromatic nitrogens is 1. The lowest BCUT2D eigenvalue weighted by molar-refractivity contribution is -0.139. The molecule has 186 valence electrons. The lowest BCUT2D eigenvalue weighted by Crippen LogP contribution is -2.52. The quantitative estimate of drug-likeness (QED) is 0.459. The molecule has 0 N–H and O–H groups in total. The Bertz CT molecular complexity index is 1130. The van der Waals surface area contributed by atoms with Crippen LogP contribution in [0.5, 0.6) is 0 Å². The van der Waals surface area contributed by atoms with E-state index in [1.54, 1.807) is 0 Å². The van der Waals surface area contributed by atoms with Gasteiger partial charge in [0.15, 0.2) is 0 Å². The first-order valence-corrected chi connectivity index (χ1v) is 13.5. The molecule has 1 unspecified atom stereocenters. The summed E-state index contributed by atoms with van der Waals surface area (Å²) in [6.45, 7) is 10.8. The number of benzene rings is 2. The SMILES string of the molecule is CCCN1CCN(C(=O)C2CCCN(Cc3cc4ccccc4n3Cc3ccc(Cl)cc3)C2)CC1. The molecule has 0 saturated carbocycles. The number of hydrogen-bond donors (Lipinski definition) is 0. The monoisotopic (exact) mass is 492 g/mol. The average molecular weight is 493 g/mol. The van der Waals surface area contributed by atoms with Crippen LogP contribution in [0.3, 0.4) is 0 Å². The molecule has 35 heavy (non-hydrogen) atoms. The summed E-state index contributed by atoms with van der Waals surface area (Å²) >= 11 is 6.12. The van der Waals surface area contributed by atoms with Crippen molar-refractivity contribution in [1.82, 2.24) is 19.3 Å². The van der Waals surface area contributed by atoms with Gasteiger partial charge in [-0.15, -0.1) is 0 Å². The molecule has 2 aliphatic rings. The van der Waals surface area contributed by atoms with Crippen molar-refractivity contribution in [2.45, 2.75) is 39.3 Å². The van der Waals surface area contributed by atoms with E-state index in [4.69, 9.17) is 11.6 Å². The Hall–Kier alpha value is -2.34. The molecule has 0 aliphatic carbocycles. The minimum atomic E-state index is 0.121. The molecule has 5 nitrogen and oxygen atoms in total. The number of nitrogens with zero attached hydrogens (tertiary/aromatic N) is 4. The zero-order valence-electron chi connectivity index (χ0n) is 20.8. The minimum Gasteiger partial charge on any atom is -0.340 e. The van der Waals surface area contributed by atoms with E-state index in [1.807, 2.05) is 12.1 Å². The fraction of sp³-hybridized carbons (Fsp3) is 0.483. The number of carbonyl (C=O) groups excluding carboxylic acids is 1. The minimum absolute atomic E-state index is 0.121. The molecule has 0 radical (unpaired) electrons. The highest BCUT2D eigenvalue weighted by atomic mass is 35.5. The molecule has 2 aromatic carbocycles. The van der Waals surface area contributed by atoms with Crippen molar-refractivity contribution in [3.8, 4) is 0 Å². The maximum absolute atomic E-state index is 13.4. The maximum atomic E-state index is 13.4. The molecule has 1 aromatic heterocycles. The normalized spacial score (nSPS) is 19.9. The van der Waals surface area contributed by atoms with Gasteiger partial charge in [-0.2, -0.15) is 0 Å². The van der Waals surface area contributed by atoms with Crippen molar-refractivity contribution in [2.24, 2.45) is 5.92 Å². The number of para-hydroxylation sites is 1. The Morgan fingerprint density at radius 3 is 2.49 bits per heavy atom. The summed E-state index contributed by atoms with van der Waals surface area (Å²) in [4.78, 5) is 20.5. The van der Waals surface area contributed by atoms with Gasteiger partial charge in [0.05, 0.1) is 5.92 Å². The second-order valence-electron chi connectivity index (χ2n) is 10.1. The molecule has 3 aromatic rings. The Morgan fingerprint density at radius 2 is 1.71 bits per heavy atom. The lowest BCUT2D eigenvalue weighted by atomic mass is 9.96. The zero-order valence-corrected chi connectivity index (χ0v) is 21.6. The number of piperazine rings is 1. The zero-order chi connectivity index (χ0) is 24.2. The molecule has 0 bridgehead atoms. The number of carbonyl (C=O) groups is 1. The van der Waals surface area contributed by atoms with Crippen LogP contribution in [0, 0.1) is 5.92 Å². The van der Waals surface area contributed by atoms with Crippen molar-refractivity contribution in [3.05, 3.63) is 70.9 Å². The first kappa shape index (κ1) is 24.4. The summed E-state index contributed by atoms with van der Waals surface area (Å²) in [5, 5.41) is 2.04. The van der Waals surface area contributed by atoms with Crippen LogP contribution in [0.1, 0.15) is 37.4 Å². The van der Waals surface area contributed by atoms with Gasteiger partial charge in [0, 0.05) is 62.0 Å². The van der Waals surface area contributed by atoms with Crippen LogP contribution in [0.4, 0.5) is 0 Å². The Morgan fingerprint density at radius 1 is 0.943 bits per heavy atom. The van der Waals surface area contributed by atoms with E-state index in [0.717, 1.165) is 76.8 Å². The predicted molar refractivity (Wildman–Crippen MR) is 144 cm³/mol. The summed E-state index contributed by atoms with van der Waals surface area (Å²) in [7, 11) is 0. The molecule has 3 heterocycles. The second-order valence-corrected chi connectivity index (χ2v) is 10.6. The number of halogens is 1. The van der Waals surface area contributed by atoms with Crippen LogP contribution in [-0.4, -0.2) is 71.0 Å². The van der Waals surface area contributed by atoms with Gasteiger partial charge in [-0.05, 0) is 67.6 Å². The molecule has 5 rings (SSSR count). The fourth-order valence-electron chi connectivity index (χ4n) is 5.75. The summed E-state index contributed by atoms with van der Waals surface area (Å²) < 4.78 is 2.43. The smallest absolute Gasteiger partial charge is 0.227 e. The van der Waals surface area contributed by atoms with E-state index in [9.17, 15) is 4.79 Å². The van der Waals surface area contributed by atoms with Gasteiger partial charge >= 0.3 is 0 Å². The maximum Gasteiger partial charge on any atom is 0.227 e. The van der Waals surface area contributed by atoms with Gasteiger partial charge in [-0.25, -0.2) is 0 Å². The summed E-state index contributed by atoms with van der Waals surface area (Å²) in [6, 6.07) is 19.1. The van der Waals surface area contributed by atoms with Crippen LogP contribution in [0.25, 0.3) is 10.9 Å².